The van der Waals surface area contributed by atoms with Crippen molar-refractivity contribution in [1.82, 2.24) is 0 Å². The quantitative estimate of drug-likeness (QED) is 0.694. The molecule has 0 saturated carbocycles. The number of nitriles is 2. The van der Waals surface area contributed by atoms with Crippen LogP contribution in [0.4, 0.5) is 5.69 Å². The molecule has 0 bridgehead atoms. The molecule has 5 heteroatoms. The largest absolute Gasteiger partial charge is 0.490 e. The van der Waals surface area contributed by atoms with Gasteiger partial charge in [0.2, 0.25) is 0 Å². The molecule has 0 aromatic heterocycles. The molecule has 1 heterocycles. The lowest BCUT2D eigenvalue weighted by molar-refractivity contribution is 0.227. The molecule has 112 valence electrons. The molecule has 0 aliphatic carbocycles. The molecular formula is C18H16BN3O. The van der Waals surface area contributed by atoms with E-state index in [2.05, 4.69) is 12.0 Å². The highest BCUT2D eigenvalue weighted by atomic mass is 16.5. The summed E-state index contributed by atoms with van der Waals surface area (Å²) in [5.41, 5.74) is 8.95. The topological polar surface area (TPSA) is 82.8 Å². The van der Waals surface area contributed by atoms with Crippen LogP contribution in [-0.2, 0) is 0 Å². The van der Waals surface area contributed by atoms with Crippen LogP contribution in [0.15, 0.2) is 42.5 Å². The highest BCUT2D eigenvalue weighted by Gasteiger charge is 2.30. The molecule has 1 unspecified atom stereocenters. The van der Waals surface area contributed by atoms with E-state index in [9.17, 15) is 0 Å². The molecular weight excluding hydrogens is 285 g/mol. The minimum absolute atomic E-state index is 0.0566. The molecule has 4 nitrogen and oxygen atoms in total. The lowest BCUT2D eigenvalue weighted by Gasteiger charge is -2.17. The molecule has 1 aliphatic heterocycles. The van der Waals surface area contributed by atoms with Gasteiger partial charge >= 0.3 is 0 Å². The number of hydrogen-bond donors (Lipinski definition) is 1. The third-order valence-corrected chi connectivity index (χ3v) is 4.17. The number of nitrogen functional groups attached to an aromatic ring is 1. The first-order valence-corrected chi connectivity index (χ1v) is 7.66. The maximum absolute atomic E-state index is 9.08. The summed E-state index contributed by atoms with van der Waals surface area (Å²) in [4.78, 5) is 0. The van der Waals surface area contributed by atoms with Crippen molar-refractivity contribution in [1.29, 1.82) is 10.5 Å². The van der Waals surface area contributed by atoms with E-state index in [1.807, 2.05) is 36.4 Å². The Bertz CT molecular complexity index is 807. The highest BCUT2D eigenvalue weighted by Crippen LogP contribution is 2.35. The van der Waals surface area contributed by atoms with Crippen LogP contribution < -0.4 is 10.5 Å². The molecule has 2 aromatic carbocycles. The fourth-order valence-corrected chi connectivity index (χ4v) is 2.98. The Labute approximate surface area is 136 Å². The number of nitrogens with two attached hydrogens (primary N) is 1. The maximum Gasteiger partial charge on any atom is 0.271 e. The van der Waals surface area contributed by atoms with Gasteiger partial charge in [0.05, 0.1) is 17.7 Å². The molecule has 2 aromatic rings. The highest BCUT2D eigenvalue weighted by molar-refractivity contribution is 6.67. The molecule has 1 atom stereocenters. The Kier molecular flexibility index (Phi) is 4.21. The van der Waals surface area contributed by atoms with Gasteiger partial charge in [0.1, 0.15) is 5.75 Å². The van der Waals surface area contributed by atoms with E-state index in [1.54, 1.807) is 6.07 Å². The second kappa shape index (κ2) is 6.46. The van der Waals surface area contributed by atoms with Crippen LogP contribution in [0.1, 0.15) is 12.0 Å². The fourth-order valence-electron chi connectivity index (χ4n) is 2.98. The second-order valence-electron chi connectivity index (χ2n) is 5.83. The predicted molar refractivity (Wildman–Crippen MR) is 91.0 cm³/mol. The van der Waals surface area contributed by atoms with Gasteiger partial charge in [0.15, 0.2) is 0 Å². The summed E-state index contributed by atoms with van der Waals surface area (Å²) in [6.07, 6.45) is 2.59. The summed E-state index contributed by atoms with van der Waals surface area (Å²) in [5.74, 6) is 3.06. The number of benzene rings is 2. The predicted octanol–water partition coefficient (Wildman–Crippen LogP) is 3.52. The van der Waals surface area contributed by atoms with Gasteiger partial charge in [-0.2, -0.15) is 5.26 Å². The van der Waals surface area contributed by atoms with Gasteiger partial charge in [-0.3, -0.25) is 0 Å². The van der Waals surface area contributed by atoms with Crippen LogP contribution >= 0.6 is 0 Å². The molecule has 1 saturated heterocycles. The summed E-state index contributed by atoms with van der Waals surface area (Å²) in [6.45, 7) is 0.0825. The molecule has 0 amide bonds. The van der Waals surface area contributed by atoms with E-state index in [0.717, 1.165) is 35.9 Å². The average Bonchev–Trinajstić information content (AvgIpc) is 3.04. The minimum Gasteiger partial charge on any atom is -0.490 e. The van der Waals surface area contributed by atoms with Gasteiger partial charge in [-0.25, -0.2) is 5.26 Å². The van der Waals surface area contributed by atoms with Crippen LogP contribution in [0.25, 0.3) is 11.1 Å². The number of hydrogen-bond acceptors (Lipinski definition) is 4. The van der Waals surface area contributed by atoms with E-state index < -0.39 is 0 Å². The zero-order valence-corrected chi connectivity index (χ0v) is 12.7. The van der Waals surface area contributed by atoms with Crippen LogP contribution in [0.3, 0.4) is 0 Å². The summed E-state index contributed by atoms with van der Waals surface area (Å²) in [5, 5.41) is 18.1. The lowest BCUT2D eigenvalue weighted by atomic mass is 9.50. The van der Waals surface area contributed by atoms with Gasteiger partial charge < -0.3 is 10.5 Å². The Balaban J connectivity index is 1.92. The molecule has 1 fully saturated rings. The Morgan fingerprint density at radius 2 is 2.04 bits per heavy atom. The number of rotatable bonds is 3. The first-order valence-electron chi connectivity index (χ1n) is 7.66. The second-order valence-corrected chi connectivity index (χ2v) is 5.83. The Morgan fingerprint density at radius 1 is 1.17 bits per heavy atom. The van der Waals surface area contributed by atoms with Crippen LogP contribution in [0.5, 0.6) is 5.75 Å². The molecule has 0 spiro atoms. The first kappa shape index (κ1) is 15.0. The lowest BCUT2D eigenvalue weighted by Crippen LogP contribution is -2.14. The van der Waals surface area contributed by atoms with Crippen molar-refractivity contribution in [2.24, 2.45) is 0 Å². The molecule has 0 radical (unpaired) electrons. The molecule has 2 N–H and O–H groups in total. The zero-order chi connectivity index (χ0) is 16.2. The van der Waals surface area contributed by atoms with E-state index in [-0.39, 0.29) is 12.8 Å². The smallest absolute Gasteiger partial charge is 0.271 e. The molecule has 3 rings (SSSR count). The van der Waals surface area contributed by atoms with E-state index in [0.29, 0.717) is 11.3 Å². The van der Waals surface area contributed by atoms with Crippen molar-refractivity contribution < 1.29 is 4.74 Å². The summed E-state index contributed by atoms with van der Waals surface area (Å²) in [6, 6.07) is 15.1. The summed E-state index contributed by atoms with van der Waals surface area (Å²) < 4.78 is 6.13. The van der Waals surface area contributed by atoms with Gasteiger partial charge in [-0.15, -0.1) is 0 Å². The Hall–Kier alpha value is -2.92. The van der Waals surface area contributed by atoms with Gasteiger partial charge in [-0.1, -0.05) is 18.5 Å². The standard InChI is InChI=1S/C18H16BN3O/c20-11-13-2-1-3-14(8-13)17-9-15(22)4-5-18(17)23-16-6-7-19(10-16)12-21/h1-5,8-9,16H,6-7,10,22H2. The van der Waals surface area contributed by atoms with E-state index in [1.165, 1.54) is 0 Å². The summed E-state index contributed by atoms with van der Waals surface area (Å²) >= 11 is 0. The summed E-state index contributed by atoms with van der Waals surface area (Å²) in [7, 11) is 0. The monoisotopic (exact) mass is 301 g/mol. The number of nitrogens with zero attached hydrogens (tertiary/aromatic N) is 2. The molecule has 1 aliphatic rings. The van der Waals surface area contributed by atoms with Gasteiger partial charge in [0.25, 0.3) is 6.71 Å². The van der Waals surface area contributed by atoms with Crippen LogP contribution in [0, 0.1) is 22.6 Å². The van der Waals surface area contributed by atoms with Crippen molar-refractivity contribution in [3.05, 3.63) is 48.0 Å². The van der Waals surface area contributed by atoms with Crippen molar-refractivity contribution in [2.75, 3.05) is 5.73 Å². The Morgan fingerprint density at radius 3 is 2.78 bits per heavy atom. The van der Waals surface area contributed by atoms with Gasteiger partial charge in [-0.05, 0) is 48.6 Å². The maximum atomic E-state index is 9.08. The molecule has 23 heavy (non-hydrogen) atoms. The third kappa shape index (κ3) is 3.30. The third-order valence-electron chi connectivity index (χ3n) is 4.17. The van der Waals surface area contributed by atoms with Crippen molar-refractivity contribution in [2.45, 2.75) is 25.2 Å². The normalized spacial score (nSPS) is 16.6. The zero-order valence-electron chi connectivity index (χ0n) is 12.7. The first-order chi connectivity index (χ1) is 11.2. The van der Waals surface area contributed by atoms with Crippen LogP contribution in [-0.4, -0.2) is 12.8 Å². The SMILES string of the molecule is N#CB1CCC(Oc2ccc(N)cc2-c2cccc(C#N)c2)C1. The van der Waals surface area contributed by atoms with E-state index >= 15 is 0 Å². The van der Waals surface area contributed by atoms with Crippen LogP contribution in [0.2, 0.25) is 12.6 Å². The van der Waals surface area contributed by atoms with Crippen molar-refractivity contribution in [3.8, 4) is 28.9 Å². The number of ether oxygens (including phenoxy) is 1. The van der Waals surface area contributed by atoms with Crippen molar-refractivity contribution in [3.63, 3.8) is 0 Å². The van der Waals surface area contributed by atoms with Crippen molar-refractivity contribution >= 4 is 12.4 Å². The number of anilines is 1. The average molecular weight is 301 g/mol. The minimum atomic E-state index is 0.0566. The van der Waals surface area contributed by atoms with Gasteiger partial charge in [0, 0.05) is 17.2 Å². The fraction of sp³-hybridized carbons (Fsp3) is 0.222. The van der Waals surface area contributed by atoms with E-state index in [4.69, 9.17) is 21.0 Å².